The molecule has 1 aromatic carbocycles. The first-order chi connectivity index (χ1) is 16.4. The van der Waals surface area contributed by atoms with Crippen LogP contribution in [0.5, 0.6) is 0 Å². The number of ketones is 1. The second kappa shape index (κ2) is 15.0. The molecule has 1 aromatic heterocycles. The second-order valence-electron chi connectivity index (χ2n) is 7.37. The highest BCUT2D eigenvalue weighted by atomic mass is 32.1. The lowest BCUT2D eigenvalue weighted by Crippen LogP contribution is -2.47. The van der Waals surface area contributed by atoms with Crippen molar-refractivity contribution in [2.24, 2.45) is 0 Å². The van der Waals surface area contributed by atoms with E-state index in [0.29, 0.717) is 30.9 Å². The van der Waals surface area contributed by atoms with Gasteiger partial charge in [0.25, 0.3) is 5.91 Å². The quantitative estimate of drug-likeness (QED) is 0.271. The van der Waals surface area contributed by atoms with Crippen LogP contribution in [0.3, 0.4) is 0 Å². The number of carbonyl (C=O) groups is 2. The smallest absolute Gasteiger partial charge is 0.251 e. The van der Waals surface area contributed by atoms with Gasteiger partial charge in [-0.3, -0.25) is 9.59 Å². The maximum Gasteiger partial charge on any atom is 0.251 e. The van der Waals surface area contributed by atoms with E-state index in [0.717, 1.165) is 16.3 Å². The van der Waals surface area contributed by atoms with Crippen molar-refractivity contribution in [3.8, 4) is 23.7 Å². The fraction of sp³-hybridized carbons (Fsp3) is 0.385. The van der Waals surface area contributed by atoms with Gasteiger partial charge in [0.05, 0.1) is 30.8 Å². The van der Waals surface area contributed by atoms with E-state index in [4.69, 9.17) is 9.84 Å². The van der Waals surface area contributed by atoms with Crippen LogP contribution in [-0.4, -0.2) is 60.4 Å². The van der Waals surface area contributed by atoms with Gasteiger partial charge in [0, 0.05) is 35.5 Å². The van der Waals surface area contributed by atoms with Crippen LogP contribution in [-0.2, 0) is 16.1 Å². The van der Waals surface area contributed by atoms with E-state index >= 15 is 0 Å². The molecule has 0 aliphatic rings. The molecule has 0 saturated carbocycles. The normalized spacial score (nSPS) is 12.0. The van der Waals surface area contributed by atoms with E-state index in [2.05, 4.69) is 34.3 Å². The van der Waals surface area contributed by atoms with E-state index in [-0.39, 0.29) is 18.8 Å². The molecule has 4 N–H and O–H groups in total. The number of benzene rings is 1. The number of amides is 1. The first kappa shape index (κ1) is 27.3. The molecule has 0 aliphatic heterocycles. The third kappa shape index (κ3) is 9.48. The number of carbonyl (C=O) groups excluding carboxylic acids is 2. The SMILES string of the molecule is CCC(=O)[C@@H](NC(=O)c1ccc(C#CC#Cc2ccc(CNCCOCCO)s2)cc1)[C@H](C)O. The van der Waals surface area contributed by atoms with Crippen LogP contribution in [0.1, 0.15) is 45.9 Å². The Kier molecular flexibility index (Phi) is 12.0. The first-order valence-electron chi connectivity index (χ1n) is 11.1. The molecule has 0 bridgehead atoms. The lowest BCUT2D eigenvalue weighted by Gasteiger charge is -2.19. The van der Waals surface area contributed by atoms with Gasteiger partial charge in [0.15, 0.2) is 5.78 Å². The Morgan fingerprint density at radius 1 is 1.09 bits per heavy atom. The zero-order valence-electron chi connectivity index (χ0n) is 19.4. The molecule has 0 unspecified atom stereocenters. The van der Waals surface area contributed by atoms with Crippen molar-refractivity contribution in [3.05, 3.63) is 57.3 Å². The Morgan fingerprint density at radius 2 is 1.82 bits per heavy atom. The van der Waals surface area contributed by atoms with Crippen LogP contribution in [0.4, 0.5) is 0 Å². The maximum absolute atomic E-state index is 12.4. The molecular formula is C26H30N2O5S. The van der Waals surface area contributed by atoms with Crippen molar-refractivity contribution in [1.82, 2.24) is 10.6 Å². The monoisotopic (exact) mass is 482 g/mol. The van der Waals surface area contributed by atoms with Gasteiger partial charge in [-0.15, -0.1) is 11.3 Å². The third-order valence-electron chi connectivity index (χ3n) is 4.69. The van der Waals surface area contributed by atoms with Gasteiger partial charge in [-0.2, -0.15) is 0 Å². The topological polar surface area (TPSA) is 108 Å². The largest absolute Gasteiger partial charge is 0.394 e. The standard InChI is InChI=1S/C26H30N2O5S/c1-3-24(31)25(19(2)30)28-26(32)21-10-8-20(9-11-21)6-4-5-7-22-12-13-23(34-22)18-27-14-16-33-17-15-29/h8-13,19,25,27,29-30H,3,14-18H2,1-2H3,(H,28,32)/t19-,25-/m0/s1. The minimum Gasteiger partial charge on any atom is -0.394 e. The molecule has 1 amide bonds. The summed E-state index contributed by atoms with van der Waals surface area (Å²) in [5, 5.41) is 24.3. The summed E-state index contributed by atoms with van der Waals surface area (Å²) >= 11 is 1.59. The lowest BCUT2D eigenvalue weighted by molar-refractivity contribution is -0.122. The summed E-state index contributed by atoms with van der Waals surface area (Å²) in [7, 11) is 0. The maximum atomic E-state index is 12.4. The molecule has 0 spiro atoms. The summed E-state index contributed by atoms with van der Waals surface area (Å²) in [5.74, 6) is 11.0. The summed E-state index contributed by atoms with van der Waals surface area (Å²) < 4.78 is 5.19. The van der Waals surface area contributed by atoms with Crippen molar-refractivity contribution in [2.75, 3.05) is 26.4 Å². The molecule has 8 heteroatoms. The predicted molar refractivity (Wildman–Crippen MR) is 132 cm³/mol. The fourth-order valence-electron chi connectivity index (χ4n) is 2.88. The van der Waals surface area contributed by atoms with Gasteiger partial charge in [-0.25, -0.2) is 0 Å². The van der Waals surface area contributed by atoms with Gasteiger partial charge in [-0.1, -0.05) is 12.8 Å². The van der Waals surface area contributed by atoms with Gasteiger partial charge in [-0.05, 0) is 61.1 Å². The van der Waals surface area contributed by atoms with E-state index in [1.54, 1.807) is 42.5 Å². The van der Waals surface area contributed by atoms with Crippen molar-refractivity contribution in [3.63, 3.8) is 0 Å². The summed E-state index contributed by atoms with van der Waals surface area (Å²) in [6.07, 6.45) is -0.732. The van der Waals surface area contributed by atoms with Gasteiger partial charge < -0.3 is 25.6 Å². The van der Waals surface area contributed by atoms with E-state index in [9.17, 15) is 14.7 Å². The van der Waals surface area contributed by atoms with Gasteiger partial charge in [0.2, 0.25) is 0 Å². The first-order valence-corrected chi connectivity index (χ1v) is 11.9. The number of thiophene rings is 1. The molecule has 0 aliphatic carbocycles. The number of hydrogen-bond donors (Lipinski definition) is 4. The Hall–Kier alpha value is -2.98. The third-order valence-corrected chi connectivity index (χ3v) is 5.69. The number of aliphatic hydroxyl groups is 2. The summed E-state index contributed by atoms with van der Waals surface area (Å²) in [5.41, 5.74) is 1.09. The Bertz CT molecular complexity index is 1050. The van der Waals surface area contributed by atoms with Crippen LogP contribution in [0, 0.1) is 23.7 Å². The highest BCUT2D eigenvalue weighted by Gasteiger charge is 2.24. The minimum atomic E-state index is -0.965. The van der Waals surface area contributed by atoms with Crippen LogP contribution in [0.2, 0.25) is 0 Å². The molecule has 7 nitrogen and oxygen atoms in total. The van der Waals surface area contributed by atoms with Crippen LogP contribution >= 0.6 is 11.3 Å². The average Bonchev–Trinajstić information content (AvgIpc) is 3.29. The van der Waals surface area contributed by atoms with Gasteiger partial charge >= 0.3 is 0 Å². The lowest BCUT2D eigenvalue weighted by atomic mass is 10.0. The molecule has 180 valence electrons. The zero-order chi connectivity index (χ0) is 24.8. The van der Waals surface area contributed by atoms with Gasteiger partial charge in [0.1, 0.15) is 6.04 Å². The highest BCUT2D eigenvalue weighted by Crippen LogP contribution is 2.14. The number of hydrogen-bond acceptors (Lipinski definition) is 7. The Morgan fingerprint density at radius 3 is 2.50 bits per heavy atom. The fourth-order valence-corrected chi connectivity index (χ4v) is 3.71. The van der Waals surface area contributed by atoms with Crippen molar-refractivity contribution < 1.29 is 24.5 Å². The molecule has 2 atom stereocenters. The molecular weight excluding hydrogens is 452 g/mol. The van der Waals surface area contributed by atoms with Crippen LogP contribution in [0.25, 0.3) is 0 Å². The molecule has 0 saturated heterocycles. The number of nitrogens with one attached hydrogen (secondary N) is 2. The number of aliphatic hydroxyl groups excluding tert-OH is 2. The minimum absolute atomic E-state index is 0.0335. The molecule has 2 rings (SSSR count). The number of Topliss-reactive ketones (excluding diaryl/α,β-unsaturated/α-hetero) is 1. The number of ether oxygens (including phenoxy) is 1. The summed E-state index contributed by atoms with van der Waals surface area (Å²) in [6, 6.07) is 9.71. The number of rotatable bonds is 12. The van der Waals surface area contributed by atoms with Crippen molar-refractivity contribution >= 4 is 23.0 Å². The van der Waals surface area contributed by atoms with Crippen molar-refractivity contribution in [1.29, 1.82) is 0 Å². The highest BCUT2D eigenvalue weighted by molar-refractivity contribution is 7.12. The zero-order valence-corrected chi connectivity index (χ0v) is 20.2. The summed E-state index contributed by atoms with van der Waals surface area (Å²) in [6.45, 7) is 5.55. The average molecular weight is 483 g/mol. The molecule has 0 radical (unpaired) electrons. The van der Waals surface area contributed by atoms with E-state index in [1.807, 2.05) is 12.1 Å². The predicted octanol–water partition coefficient (Wildman–Crippen LogP) is 1.71. The second-order valence-corrected chi connectivity index (χ2v) is 8.54. The Balaban J connectivity index is 1.86. The molecule has 2 aromatic rings. The van der Waals surface area contributed by atoms with E-state index < -0.39 is 18.1 Å². The molecule has 0 fully saturated rings. The summed E-state index contributed by atoms with van der Waals surface area (Å²) in [4.78, 5) is 26.4. The molecule has 34 heavy (non-hydrogen) atoms. The Labute approximate surface area is 204 Å². The van der Waals surface area contributed by atoms with E-state index in [1.165, 1.54) is 6.92 Å². The van der Waals surface area contributed by atoms with Crippen LogP contribution < -0.4 is 10.6 Å². The molecule has 1 heterocycles. The van der Waals surface area contributed by atoms with Crippen molar-refractivity contribution in [2.45, 2.75) is 39.0 Å². The van der Waals surface area contributed by atoms with Crippen LogP contribution in [0.15, 0.2) is 36.4 Å².